The molecule has 2 aromatic heterocycles. The number of nitrogens with zero attached hydrogens (tertiary/aromatic N) is 3. The smallest absolute Gasteiger partial charge is 0.269 e. The minimum absolute atomic E-state index is 0.00506. The molecule has 0 saturated carbocycles. The standard InChI is InChI=1S/C20H15N3O3S/c1-13-5-7-15(8-6-13)17-11-27-19-18(17)20(24)22(12-21-19)10-14-3-2-4-16(9-14)23(25)26/h2-9,11-12H,10H2,1H3. The molecule has 0 aliphatic carbocycles. The highest BCUT2D eigenvalue weighted by Crippen LogP contribution is 2.30. The lowest BCUT2D eigenvalue weighted by molar-refractivity contribution is -0.384. The number of aromatic nitrogens is 2. The third-order valence-corrected chi connectivity index (χ3v) is 5.28. The number of aryl methyl sites for hydroxylation is 1. The molecule has 6 nitrogen and oxygen atoms in total. The number of benzene rings is 2. The Morgan fingerprint density at radius 3 is 2.70 bits per heavy atom. The van der Waals surface area contributed by atoms with Crippen LogP contribution in [0, 0.1) is 17.0 Å². The van der Waals surface area contributed by atoms with E-state index in [9.17, 15) is 14.9 Å². The minimum atomic E-state index is -0.442. The van der Waals surface area contributed by atoms with Crippen molar-refractivity contribution in [1.82, 2.24) is 9.55 Å². The number of nitro benzene ring substituents is 1. The molecule has 27 heavy (non-hydrogen) atoms. The van der Waals surface area contributed by atoms with Crippen LogP contribution in [0.25, 0.3) is 21.3 Å². The summed E-state index contributed by atoms with van der Waals surface area (Å²) in [5.74, 6) is 0. The van der Waals surface area contributed by atoms with E-state index in [0.717, 1.165) is 16.7 Å². The van der Waals surface area contributed by atoms with E-state index in [0.29, 0.717) is 15.8 Å². The lowest BCUT2D eigenvalue weighted by atomic mass is 10.1. The first-order chi connectivity index (χ1) is 13.0. The van der Waals surface area contributed by atoms with Gasteiger partial charge in [0, 0.05) is 23.1 Å². The molecule has 0 radical (unpaired) electrons. The summed E-state index contributed by atoms with van der Waals surface area (Å²) in [6, 6.07) is 14.3. The van der Waals surface area contributed by atoms with Gasteiger partial charge in [-0.25, -0.2) is 4.98 Å². The zero-order chi connectivity index (χ0) is 19.0. The lowest BCUT2D eigenvalue weighted by Crippen LogP contribution is -2.21. The average molecular weight is 377 g/mol. The molecule has 7 heteroatoms. The molecule has 0 bridgehead atoms. The highest BCUT2D eigenvalue weighted by atomic mass is 32.1. The van der Waals surface area contributed by atoms with E-state index in [1.807, 2.05) is 36.6 Å². The van der Waals surface area contributed by atoms with Crippen molar-refractivity contribution in [2.75, 3.05) is 0 Å². The first-order valence-electron chi connectivity index (χ1n) is 8.30. The van der Waals surface area contributed by atoms with Crippen LogP contribution in [0.5, 0.6) is 0 Å². The summed E-state index contributed by atoms with van der Waals surface area (Å²) in [5, 5.41) is 13.5. The zero-order valence-corrected chi connectivity index (χ0v) is 15.3. The molecule has 0 spiro atoms. The van der Waals surface area contributed by atoms with Crippen molar-refractivity contribution in [1.29, 1.82) is 0 Å². The molecule has 0 aliphatic rings. The zero-order valence-electron chi connectivity index (χ0n) is 14.5. The van der Waals surface area contributed by atoms with E-state index in [1.165, 1.54) is 34.4 Å². The fraction of sp³-hybridized carbons (Fsp3) is 0.100. The molecular weight excluding hydrogens is 362 g/mol. The van der Waals surface area contributed by atoms with E-state index in [1.54, 1.807) is 12.1 Å². The van der Waals surface area contributed by atoms with Crippen molar-refractivity contribution in [3.63, 3.8) is 0 Å². The van der Waals surface area contributed by atoms with Gasteiger partial charge in [0.2, 0.25) is 0 Å². The van der Waals surface area contributed by atoms with E-state index >= 15 is 0 Å². The maximum atomic E-state index is 13.1. The Labute approximate surface area is 158 Å². The fourth-order valence-electron chi connectivity index (χ4n) is 2.99. The third kappa shape index (κ3) is 3.24. The van der Waals surface area contributed by atoms with Gasteiger partial charge in [0.25, 0.3) is 11.2 Å². The monoisotopic (exact) mass is 377 g/mol. The number of nitro groups is 1. The highest BCUT2D eigenvalue weighted by molar-refractivity contribution is 7.17. The maximum absolute atomic E-state index is 13.1. The molecule has 0 atom stereocenters. The number of hydrogen-bond acceptors (Lipinski definition) is 5. The highest BCUT2D eigenvalue weighted by Gasteiger charge is 2.14. The van der Waals surface area contributed by atoms with Crippen LogP contribution in [-0.4, -0.2) is 14.5 Å². The fourth-order valence-corrected chi connectivity index (χ4v) is 3.90. The van der Waals surface area contributed by atoms with Gasteiger partial charge in [-0.05, 0) is 18.1 Å². The SMILES string of the molecule is Cc1ccc(-c2csc3ncn(Cc4cccc([N+](=O)[O-])c4)c(=O)c23)cc1. The van der Waals surface area contributed by atoms with Crippen LogP contribution in [0.3, 0.4) is 0 Å². The van der Waals surface area contributed by atoms with Crippen molar-refractivity contribution in [2.45, 2.75) is 13.5 Å². The molecule has 0 amide bonds. The van der Waals surface area contributed by atoms with Crippen LogP contribution >= 0.6 is 11.3 Å². The molecule has 0 fully saturated rings. The van der Waals surface area contributed by atoms with Crippen LogP contribution < -0.4 is 5.56 Å². The number of thiophene rings is 1. The van der Waals surface area contributed by atoms with Gasteiger partial charge < -0.3 is 0 Å². The minimum Gasteiger partial charge on any atom is -0.294 e. The lowest BCUT2D eigenvalue weighted by Gasteiger charge is -2.07. The van der Waals surface area contributed by atoms with Crippen molar-refractivity contribution in [3.05, 3.63) is 91.8 Å². The summed E-state index contributed by atoms with van der Waals surface area (Å²) >= 11 is 1.43. The molecule has 0 unspecified atom stereocenters. The molecular formula is C20H15N3O3S. The second kappa shape index (κ2) is 6.77. The summed E-state index contributed by atoms with van der Waals surface area (Å²) in [4.78, 5) is 28.7. The van der Waals surface area contributed by atoms with Crippen LogP contribution in [0.15, 0.2) is 65.0 Å². The van der Waals surface area contributed by atoms with Gasteiger partial charge in [-0.15, -0.1) is 11.3 Å². The number of non-ortho nitro benzene ring substituents is 1. The summed E-state index contributed by atoms with van der Waals surface area (Å²) in [5.41, 5.74) is 3.52. The Kier molecular flexibility index (Phi) is 4.29. The second-order valence-corrected chi connectivity index (χ2v) is 7.16. The normalized spacial score (nSPS) is 11.0. The number of rotatable bonds is 4. The van der Waals surface area contributed by atoms with E-state index in [4.69, 9.17) is 0 Å². The summed E-state index contributed by atoms with van der Waals surface area (Å²) in [6.45, 7) is 2.25. The maximum Gasteiger partial charge on any atom is 0.269 e. The largest absolute Gasteiger partial charge is 0.294 e. The van der Waals surface area contributed by atoms with Crippen molar-refractivity contribution in [3.8, 4) is 11.1 Å². The molecule has 4 aromatic rings. The van der Waals surface area contributed by atoms with Crippen molar-refractivity contribution < 1.29 is 4.92 Å². The topological polar surface area (TPSA) is 78.0 Å². The summed E-state index contributed by atoms with van der Waals surface area (Å²) < 4.78 is 1.49. The molecule has 0 N–H and O–H groups in total. The van der Waals surface area contributed by atoms with Gasteiger partial charge in [0.15, 0.2) is 0 Å². The first-order valence-corrected chi connectivity index (χ1v) is 9.18. The molecule has 134 valence electrons. The van der Waals surface area contributed by atoms with Crippen LogP contribution in [0.4, 0.5) is 5.69 Å². The quantitative estimate of drug-likeness (QED) is 0.390. The van der Waals surface area contributed by atoms with Gasteiger partial charge in [-0.2, -0.15) is 0 Å². The first kappa shape index (κ1) is 17.1. The summed E-state index contributed by atoms with van der Waals surface area (Å²) in [6.07, 6.45) is 1.50. The van der Waals surface area contributed by atoms with E-state index in [2.05, 4.69) is 4.98 Å². The Balaban J connectivity index is 1.79. The van der Waals surface area contributed by atoms with Gasteiger partial charge in [0.05, 0.1) is 23.2 Å². The number of hydrogen-bond donors (Lipinski definition) is 0. The second-order valence-electron chi connectivity index (χ2n) is 6.30. The van der Waals surface area contributed by atoms with Crippen molar-refractivity contribution >= 4 is 27.2 Å². The Morgan fingerprint density at radius 2 is 1.96 bits per heavy atom. The molecule has 0 saturated heterocycles. The van der Waals surface area contributed by atoms with Gasteiger partial charge in [-0.3, -0.25) is 19.5 Å². The molecule has 0 aliphatic heterocycles. The van der Waals surface area contributed by atoms with Gasteiger partial charge in [-0.1, -0.05) is 42.0 Å². The Hall–Kier alpha value is -3.32. The van der Waals surface area contributed by atoms with Crippen LogP contribution in [-0.2, 0) is 6.54 Å². The van der Waals surface area contributed by atoms with E-state index in [-0.39, 0.29) is 17.8 Å². The predicted molar refractivity (Wildman–Crippen MR) is 106 cm³/mol. The Morgan fingerprint density at radius 1 is 1.19 bits per heavy atom. The van der Waals surface area contributed by atoms with Crippen molar-refractivity contribution in [2.24, 2.45) is 0 Å². The predicted octanol–water partition coefficient (Wildman–Crippen LogP) is 4.39. The summed E-state index contributed by atoms with van der Waals surface area (Å²) in [7, 11) is 0. The van der Waals surface area contributed by atoms with Gasteiger partial charge >= 0.3 is 0 Å². The molecule has 2 heterocycles. The Bertz CT molecular complexity index is 1210. The molecule has 4 rings (SSSR count). The third-order valence-electron chi connectivity index (χ3n) is 4.40. The average Bonchev–Trinajstić information content (AvgIpc) is 3.10. The van der Waals surface area contributed by atoms with E-state index < -0.39 is 4.92 Å². The van der Waals surface area contributed by atoms with Crippen LogP contribution in [0.2, 0.25) is 0 Å². The molecule has 2 aromatic carbocycles. The van der Waals surface area contributed by atoms with Crippen LogP contribution in [0.1, 0.15) is 11.1 Å². The number of fused-ring (bicyclic) bond motifs is 1. The van der Waals surface area contributed by atoms with Gasteiger partial charge in [0.1, 0.15) is 4.83 Å².